The second-order valence-electron chi connectivity index (χ2n) is 8.71. The van der Waals surface area contributed by atoms with E-state index in [1.54, 1.807) is 30.6 Å². The van der Waals surface area contributed by atoms with Crippen molar-refractivity contribution >= 4 is 23.4 Å². The first-order valence-corrected chi connectivity index (χ1v) is 10.2. The van der Waals surface area contributed by atoms with Crippen LogP contribution in [0.1, 0.15) is 46.5 Å². The van der Waals surface area contributed by atoms with E-state index < -0.39 is 23.3 Å². The molecule has 1 aromatic rings. The molecule has 0 aliphatic carbocycles. The molecule has 2 amide bonds. The number of rotatable bonds is 3. The summed E-state index contributed by atoms with van der Waals surface area (Å²) < 4.78 is 34.2. The summed E-state index contributed by atoms with van der Waals surface area (Å²) in [5, 5.41) is 2.62. The Morgan fingerprint density at radius 1 is 1.03 bits per heavy atom. The lowest BCUT2D eigenvalue weighted by Crippen LogP contribution is -2.43. The number of amides is 2. The number of nitrogens with one attached hydrogen (secondary N) is 1. The molecule has 6 nitrogen and oxygen atoms in total. The molecule has 0 radical (unpaired) electrons. The molecule has 0 saturated carbocycles. The number of carbonyl (C=O) groups excluding carboxylic acids is 2. The van der Waals surface area contributed by atoms with Crippen LogP contribution >= 0.6 is 0 Å². The number of hydrogen-bond acceptors (Lipinski definition) is 4. The van der Waals surface area contributed by atoms with E-state index in [2.05, 4.69) is 5.32 Å². The number of carbonyl (C=O) groups is 2. The molecule has 0 spiro atoms. The topological polar surface area (TPSA) is 61.9 Å². The number of anilines is 2. The fraction of sp³-hybridized carbons (Fsp3) is 0.619. The SMILES string of the molecule is CC(C)(C)OC(=O)N1CCC(C(=O)Nc2cc(F)c(N3CCCC3)c(F)c2)CC1. The summed E-state index contributed by atoms with van der Waals surface area (Å²) in [6.07, 6.45) is 2.39. The average Bonchev–Trinajstić information content (AvgIpc) is 3.14. The van der Waals surface area contributed by atoms with Gasteiger partial charge >= 0.3 is 6.09 Å². The van der Waals surface area contributed by atoms with Crippen LogP contribution in [0.25, 0.3) is 0 Å². The van der Waals surface area contributed by atoms with Crippen LogP contribution < -0.4 is 10.2 Å². The molecule has 2 heterocycles. The van der Waals surface area contributed by atoms with Gasteiger partial charge in [0.05, 0.1) is 0 Å². The molecule has 2 aliphatic rings. The van der Waals surface area contributed by atoms with E-state index in [0.29, 0.717) is 39.0 Å². The highest BCUT2D eigenvalue weighted by Crippen LogP contribution is 2.30. The lowest BCUT2D eigenvalue weighted by Gasteiger charge is -2.33. The maximum atomic E-state index is 14.4. The Hall–Kier alpha value is -2.38. The largest absolute Gasteiger partial charge is 0.444 e. The van der Waals surface area contributed by atoms with Crippen molar-refractivity contribution in [2.75, 3.05) is 36.4 Å². The molecule has 1 aromatic carbocycles. The Morgan fingerprint density at radius 2 is 1.59 bits per heavy atom. The number of piperidine rings is 1. The van der Waals surface area contributed by atoms with Gasteiger partial charge in [0.15, 0.2) is 11.6 Å². The maximum absolute atomic E-state index is 14.4. The lowest BCUT2D eigenvalue weighted by atomic mass is 9.96. The molecular formula is C21H29F2N3O3. The van der Waals surface area contributed by atoms with Crippen LogP contribution in [0.5, 0.6) is 0 Å². The van der Waals surface area contributed by atoms with E-state index in [9.17, 15) is 18.4 Å². The molecule has 1 N–H and O–H groups in total. The molecular weight excluding hydrogens is 380 g/mol. The van der Waals surface area contributed by atoms with Gasteiger partial charge in [0.25, 0.3) is 0 Å². The summed E-state index contributed by atoms with van der Waals surface area (Å²) in [4.78, 5) is 27.9. The van der Waals surface area contributed by atoms with Gasteiger partial charge in [-0.15, -0.1) is 0 Å². The van der Waals surface area contributed by atoms with Crippen LogP contribution in [0.2, 0.25) is 0 Å². The predicted octanol–water partition coefficient (Wildman–Crippen LogP) is 4.15. The number of halogens is 2. The second-order valence-corrected chi connectivity index (χ2v) is 8.71. The summed E-state index contributed by atoms with van der Waals surface area (Å²) in [5.41, 5.74) is -0.477. The van der Waals surface area contributed by atoms with Crippen molar-refractivity contribution in [2.45, 2.75) is 52.1 Å². The molecule has 0 atom stereocenters. The Kier molecular flexibility index (Phi) is 6.29. The van der Waals surface area contributed by atoms with E-state index in [-0.39, 0.29) is 23.2 Å². The van der Waals surface area contributed by atoms with Crippen molar-refractivity contribution in [1.29, 1.82) is 0 Å². The normalized spacial score (nSPS) is 18.1. The van der Waals surface area contributed by atoms with Crippen LogP contribution in [0.15, 0.2) is 12.1 Å². The zero-order valence-electron chi connectivity index (χ0n) is 17.3. The van der Waals surface area contributed by atoms with Gasteiger partial charge in [-0.3, -0.25) is 4.79 Å². The summed E-state index contributed by atoms with van der Waals surface area (Å²) in [6, 6.07) is 2.34. The van der Waals surface area contributed by atoms with E-state index in [4.69, 9.17) is 4.74 Å². The molecule has 160 valence electrons. The second kappa shape index (κ2) is 8.55. The van der Waals surface area contributed by atoms with Crippen LogP contribution in [0, 0.1) is 17.6 Å². The van der Waals surface area contributed by atoms with Crippen LogP contribution in [-0.2, 0) is 9.53 Å². The van der Waals surface area contributed by atoms with Gasteiger partial charge in [0.1, 0.15) is 11.3 Å². The first kappa shape index (κ1) is 21.3. The molecule has 3 rings (SSSR count). The summed E-state index contributed by atoms with van der Waals surface area (Å²) in [5.74, 6) is -1.94. The Labute approximate surface area is 170 Å². The van der Waals surface area contributed by atoms with Gasteiger partial charge in [-0.2, -0.15) is 0 Å². The quantitative estimate of drug-likeness (QED) is 0.815. The first-order valence-electron chi connectivity index (χ1n) is 10.2. The molecule has 2 saturated heterocycles. The van der Waals surface area contributed by atoms with Gasteiger partial charge in [-0.25, -0.2) is 13.6 Å². The van der Waals surface area contributed by atoms with Crippen molar-refractivity contribution in [1.82, 2.24) is 4.90 Å². The highest BCUT2D eigenvalue weighted by Gasteiger charge is 2.30. The molecule has 2 aliphatic heterocycles. The van der Waals surface area contributed by atoms with Gasteiger partial charge in [0.2, 0.25) is 5.91 Å². The van der Waals surface area contributed by atoms with E-state index in [0.717, 1.165) is 12.8 Å². The Balaban J connectivity index is 1.57. The van der Waals surface area contributed by atoms with Crippen LogP contribution in [-0.4, -0.2) is 48.7 Å². The fourth-order valence-electron chi connectivity index (χ4n) is 3.78. The van der Waals surface area contributed by atoms with Crippen molar-refractivity contribution < 1.29 is 23.1 Å². The number of nitrogens with zero attached hydrogens (tertiary/aromatic N) is 2. The third-order valence-electron chi connectivity index (χ3n) is 5.22. The molecule has 0 unspecified atom stereocenters. The van der Waals surface area contributed by atoms with E-state index in [1.165, 1.54) is 12.1 Å². The minimum atomic E-state index is -0.665. The van der Waals surface area contributed by atoms with Gasteiger partial charge in [0, 0.05) is 37.8 Å². The minimum Gasteiger partial charge on any atom is -0.444 e. The zero-order valence-corrected chi connectivity index (χ0v) is 17.3. The fourth-order valence-corrected chi connectivity index (χ4v) is 3.78. The molecule has 2 fully saturated rings. The van der Waals surface area contributed by atoms with Crippen LogP contribution in [0.4, 0.5) is 25.0 Å². The average molecular weight is 409 g/mol. The molecule has 8 heteroatoms. The standard InChI is InChI=1S/C21H29F2N3O3/c1-21(2,3)29-20(28)26-10-6-14(7-11-26)19(27)24-15-12-16(22)18(17(23)13-15)25-8-4-5-9-25/h12-14H,4-11H2,1-3H3,(H,24,27). The summed E-state index contributed by atoms with van der Waals surface area (Å²) in [7, 11) is 0. The molecule has 0 bridgehead atoms. The summed E-state index contributed by atoms with van der Waals surface area (Å²) in [6.45, 7) is 7.49. The van der Waals surface area contributed by atoms with Crippen molar-refractivity contribution in [3.05, 3.63) is 23.8 Å². The number of benzene rings is 1. The highest BCUT2D eigenvalue weighted by atomic mass is 19.1. The summed E-state index contributed by atoms with van der Waals surface area (Å²) >= 11 is 0. The maximum Gasteiger partial charge on any atom is 0.410 e. The molecule has 29 heavy (non-hydrogen) atoms. The van der Waals surface area contributed by atoms with E-state index >= 15 is 0 Å². The van der Waals surface area contributed by atoms with Gasteiger partial charge < -0.3 is 19.9 Å². The predicted molar refractivity (Wildman–Crippen MR) is 107 cm³/mol. The number of ether oxygens (including phenoxy) is 1. The van der Waals surface area contributed by atoms with Gasteiger partial charge in [-0.1, -0.05) is 0 Å². The lowest BCUT2D eigenvalue weighted by molar-refractivity contribution is -0.121. The number of hydrogen-bond donors (Lipinski definition) is 1. The third kappa shape index (κ3) is 5.36. The first-order chi connectivity index (χ1) is 13.6. The van der Waals surface area contributed by atoms with Gasteiger partial charge in [-0.05, 0) is 58.6 Å². The smallest absolute Gasteiger partial charge is 0.410 e. The minimum absolute atomic E-state index is 0.0221. The van der Waals surface area contributed by atoms with Crippen molar-refractivity contribution in [3.8, 4) is 0 Å². The van der Waals surface area contributed by atoms with Crippen molar-refractivity contribution in [3.63, 3.8) is 0 Å². The van der Waals surface area contributed by atoms with Crippen molar-refractivity contribution in [2.24, 2.45) is 5.92 Å². The molecule has 0 aromatic heterocycles. The monoisotopic (exact) mass is 409 g/mol. The Bertz CT molecular complexity index is 742. The third-order valence-corrected chi connectivity index (χ3v) is 5.22. The zero-order chi connectivity index (χ0) is 21.2. The van der Waals surface area contributed by atoms with E-state index in [1.807, 2.05) is 0 Å². The van der Waals surface area contributed by atoms with Crippen LogP contribution in [0.3, 0.4) is 0 Å². The highest BCUT2D eigenvalue weighted by molar-refractivity contribution is 5.93. The number of likely N-dealkylation sites (tertiary alicyclic amines) is 1. The Morgan fingerprint density at radius 3 is 2.10 bits per heavy atom.